The molecule has 1 amide bonds. The molecule has 1 saturated carbocycles. The Morgan fingerprint density at radius 3 is 3.00 bits per heavy atom. The summed E-state index contributed by atoms with van der Waals surface area (Å²) in [5.74, 6) is 0.757. The van der Waals surface area contributed by atoms with Crippen LogP contribution in [0.3, 0.4) is 0 Å². The maximum atomic E-state index is 12.3. The number of carbonyl (C=O) groups is 1. The molecule has 1 aromatic carbocycles. The van der Waals surface area contributed by atoms with Crippen LogP contribution in [0.4, 0.5) is 0 Å². The molecule has 122 valence electrons. The van der Waals surface area contributed by atoms with Gasteiger partial charge in [0.15, 0.2) is 5.16 Å². The number of nitrogens with one attached hydrogen (secondary N) is 1. The molecule has 0 saturated heterocycles. The van der Waals surface area contributed by atoms with Crippen LogP contribution in [0.2, 0.25) is 0 Å². The maximum absolute atomic E-state index is 12.3. The van der Waals surface area contributed by atoms with Crippen molar-refractivity contribution in [2.45, 2.75) is 42.8 Å². The molecule has 1 atom stereocenters. The van der Waals surface area contributed by atoms with Crippen molar-refractivity contribution < 1.29 is 9.53 Å². The number of rotatable bonds is 7. The standard InChI is InChI=1S/C16H20N4O2S/c1-11(23-16-19-18-10-20(16)13-7-8-13)15(21)17-9-12-5-3-4-6-14(12)22-2/h3-6,10-11,13H,7-9H2,1-2H3,(H,17,21). The number of hydrogen-bond acceptors (Lipinski definition) is 5. The zero-order valence-corrected chi connectivity index (χ0v) is 14.0. The lowest BCUT2D eigenvalue weighted by atomic mass is 10.2. The minimum absolute atomic E-state index is 0.0220. The van der Waals surface area contributed by atoms with E-state index in [0.717, 1.165) is 16.5 Å². The number of para-hydroxylation sites is 1. The number of amides is 1. The molecule has 7 heteroatoms. The third-order valence-electron chi connectivity index (χ3n) is 3.78. The van der Waals surface area contributed by atoms with Gasteiger partial charge in [-0.3, -0.25) is 4.79 Å². The molecular formula is C16H20N4O2S. The van der Waals surface area contributed by atoms with Crippen molar-refractivity contribution in [1.82, 2.24) is 20.1 Å². The number of carbonyl (C=O) groups excluding carboxylic acids is 1. The second kappa shape index (κ2) is 7.04. The van der Waals surface area contributed by atoms with Crippen LogP contribution in [-0.4, -0.2) is 33.0 Å². The van der Waals surface area contributed by atoms with Gasteiger partial charge in [-0.2, -0.15) is 0 Å². The Kier molecular flexibility index (Phi) is 4.85. The second-order valence-corrected chi connectivity index (χ2v) is 6.85. The summed E-state index contributed by atoms with van der Waals surface area (Å²) in [6.45, 7) is 2.33. The fourth-order valence-electron chi connectivity index (χ4n) is 2.31. The lowest BCUT2D eigenvalue weighted by molar-refractivity contribution is -0.120. The minimum Gasteiger partial charge on any atom is -0.496 e. The molecule has 0 spiro atoms. The molecule has 1 unspecified atom stereocenters. The van der Waals surface area contributed by atoms with Gasteiger partial charge in [0.05, 0.1) is 12.4 Å². The number of aromatic nitrogens is 3. The Balaban J connectivity index is 1.56. The van der Waals surface area contributed by atoms with Gasteiger partial charge in [0.1, 0.15) is 12.1 Å². The lowest BCUT2D eigenvalue weighted by Crippen LogP contribution is -2.30. The van der Waals surface area contributed by atoms with Crippen LogP contribution in [0.15, 0.2) is 35.7 Å². The number of ether oxygens (including phenoxy) is 1. The predicted octanol–water partition coefficient (Wildman–Crippen LogP) is 2.42. The summed E-state index contributed by atoms with van der Waals surface area (Å²) < 4.78 is 7.36. The molecule has 1 aliphatic carbocycles. The summed E-state index contributed by atoms with van der Waals surface area (Å²) in [7, 11) is 1.63. The van der Waals surface area contributed by atoms with Crippen molar-refractivity contribution in [2.24, 2.45) is 0 Å². The second-order valence-electron chi connectivity index (χ2n) is 5.54. The van der Waals surface area contributed by atoms with E-state index in [1.54, 1.807) is 13.4 Å². The summed E-state index contributed by atoms with van der Waals surface area (Å²) in [5, 5.41) is 11.6. The Hall–Kier alpha value is -2.02. The highest BCUT2D eigenvalue weighted by Gasteiger charge is 2.27. The fourth-order valence-corrected chi connectivity index (χ4v) is 3.22. The van der Waals surface area contributed by atoms with E-state index in [4.69, 9.17) is 4.74 Å². The van der Waals surface area contributed by atoms with Crippen molar-refractivity contribution in [3.05, 3.63) is 36.2 Å². The highest BCUT2D eigenvalue weighted by Crippen LogP contribution is 2.37. The molecule has 2 aromatic rings. The van der Waals surface area contributed by atoms with Gasteiger partial charge in [0.25, 0.3) is 0 Å². The normalized spacial score (nSPS) is 15.2. The molecule has 1 aliphatic rings. The molecule has 1 fully saturated rings. The molecule has 0 radical (unpaired) electrons. The van der Waals surface area contributed by atoms with Gasteiger partial charge in [-0.1, -0.05) is 30.0 Å². The number of methoxy groups -OCH3 is 1. The van der Waals surface area contributed by atoms with Gasteiger partial charge in [0, 0.05) is 18.2 Å². The van der Waals surface area contributed by atoms with E-state index < -0.39 is 0 Å². The Bertz CT molecular complexity index is 684. The highest BCUT2D eigenvalue weighted by atomic mass is 32.2. The largest absolute Gasteiger partial charge is 0.496 e. The van der Waals surface area contributed by atoms with Crippen molar-refractivity contribution in [3.8, 4) is 5.75 Å². The van der Waals surface area contributed by atoms with Crippen molar-refractivity contribution in [2.75, 3.05) is 7.11 Å². The van der Waals surface area contributed by atoms with Crippen LogP contribution < -0.4 is 10.1 Å². The first kappa shape index (κ1) is 15.9. The number of thioether (sulfide) groups is 1. The smallest absolute Gasteiger partial charge is 0.233 e. The SMILES string of the molecule is COc1ccccc1CNC(=O)C(C)Sc1nncn1C1CC1. The van der Waals surface area contributed by atoms with Gasteiger partial charge in [-0.25, -0.2) is 0 Å². The first-order chi connectivity index (χ1) is 11.2. The van der Waals surface area contributed by atoms with Crippen LogP contribution in [0, 0.1) is 0 Å². The van der Waals surface area contributed by atoms with Crippen LogP contribution in [0.5, 0.6) is 5.75 Å². The zero-order chi connectivity index (χ0) is 16.2. The third-order valence-corrected chi connectivity index (χ3v) is 4.85. The van der Waals surface area contributed by atoms with Gasteiger partial charge < -0.3 is 14.6 Å². The minimum atomic E-state index is -0.230. The van der Waals surface area contributed by atoms with Crippen molar-refractivity contribution in [3.63, 3.8) is 0 Å². The van der Waals surface area contributed by atoms with Crippen LogP contribution in [0.25, 0.3) is 0 Å². The monoisotopic (exact) mass is 332 g/mol. The van der Waals surface area contributed by atoms with E-state index in [2.05, 4.69) is 20.1 Å². The molecule has 23 heavy (non-hydrogen) atoms. The molecule has 1 heterocycles. The van der Waals surface area contributed by atoms with Crippen LogP contribution >= 0.6 is 11.8 Å². The van der Waals surface area contributed by atoms with Crippen molar-refractivity contribution >= 4 is 17.7 Å². The average molecular weight is 332 g/mol. The first-order valence-corrected chi connectivity index (χ1v) is 8.52. The quantitative estimate of drug-likeness (QED) is 0.789. The Morgan fingerprint density at radius 2 is 2.26 bits per heavy atom. The van der Waals surface area contributed by atoms with Gasteiger partial charge in [0.2, 0.25) is 5.91 Å². The van der Waals surface area contributed by atoms with E-state index >= 15 is 0 Å². The van der Waals surface area contributed by atoms with Gasteiger partial charge in [-0.15, -0.1) is 10.2 Å². The molecular weight excluding hydrogens is 312 g/mol. The van der Waals surface area contributed by atoms with Gasteiger partial charge in [-0.05, 0) is 25.8 Å². The van der Waals surface area contributed by atoms with Crippen molar-refractivity contribution in [1.29, 1.82) is 0 Å². The summed E-state index contributed by atoms with van der Waals surface area (Å²) >= 11 is 1.44. The molecule has 0 bridgehead atoms. The fraction of sp³-hybridized carbons (Fsp3) is 0.438. The first-order valence-electron chi connectivity index (χ1n) is 7.65. The summed E-state index contributed by atoms with van der Waals surface area (Å²) in [6.07, 6.45) is 4.08. The number of benzene rings is 1. The Morgan fingerprint density at radius 1 is 1.48 bits per heavy atom. The lowest BCUT2D eigenvalue weighted by Gasteiger charge is -2.13. The van der Waals surface area contributed by atoms with E-state index in [1.807, 2.05) is 31.2 Å². The number of hydrogen-bond donors (Lipinski definition) is 1. The topological polar surface area (TPSA) is 69.0 Å². The Labute approximate surface area is 139 Å². The molecule has 3 rings (SSSR count). The van der Waals surface area contributed by atoms with Crippen LogP contribution in [0.1, 0.15) is 31.4 Å². The molecule has 1 N–H and O–H groups in total. The van der Waals surface area contributed by atoms with E-state index in [0.29, 0.717) is 12.6 Å². The molecule has 1 aromatic heterocycles. The van der Waals surface area contributed by atoms with Crippen LogP contribution in [-0.2, 0) is 11.3 Å². The average Bonchev–Trinajstić information content (AvgIpc) is 3.32. The predicted molar refractivity (Wildman–Crippen MR) is 88.5 cm³/mol. The summed E-state index contributed by atoms with van der Waals surface area (Å²) in [6, 6.07) is 8.18. The van der Waals surface area contributed by atoms with E-state index in [-0.39, 0.29) is 11.2 Å². The van der Waals surface area contributed by atoms with E-state index in [9.17, 15) is 4.79 Å². The molecule has 0 aliphatic heterocycles. The zero-order valence-electron chi connectivity index (χ0n) is 13.2. The van der Waals surface area contributed by atoms with Gasteiger partial charge >= 0.3 is 0 Å². The highest BCUT2D eigenvalue weighted by molar-refractivity contribution is 8.00. The van der Waals surface area contributed by atoms with E-state index in [1.165, 1.54) is 24.6 Å². The summed E-state index contributed by atoms with van der Waals surface area (Å²) in [4.78, 5) is 12.3. The third kappa shape index (κ3) is 3.85. The maximum Gasteiger partial charge on any atom is 0.233 e. The molecule has 6 nitrogen and oxygen atoms in total. The number of nitrogens with zero attached hydrogens (tertiary/aromatic N) is 3. The summed E-state index contributed by atoms with van der Waals surface area (Å²) in [5.41, 5.74) is 0.960.